The Morgan fingerprint density at radius 3 is 2.15 bits per heavy atom. The van der Waals surface area contributed by atoms with Crippen LogP contribution in [0.4, 0.5) is 16.0 Å². The van der Waals surface area contributed by atoms with Gasteiger partial charge in [-0.1, -0.05) is 0 Å². The van der Waals surface area contributed by atoms with Gasteiger partial charge in [-0.3, -0.25) is 9.78 Å². The van der Waals surface area contributed by atoms with E-state index in [1.165, 1.54) is 42.5 Å². The highest BCUT2D eigenvalue weighted by Gasteiger charge is 2.17. The average molecular weight is 466 g/mol. The first kappa shape index (κ1) is 22.3. The Hall–Kier alpha value is -3.92. The third-order valence-electron chi connectivity index (χ3n) is 4.77. The molecule has 4 rings (SSSR count). The third-order valence-corrected chi connectivity index (χ3v) is 6.12. The lowest BCUT2D eigenvalue weighted by Crippen LogP contribution is -2.16. The minimum Gasteiger partial charge on any atom is -0.322 e. The number of sulfonamides is 1. The predicted octanol–water partition coefficient (Wildman–Crippen LogP) is 4.14. The molecule has 0 radical (unpaired) electrons. The van der Waals surface area contributed by atoms with Crippen molar-refractivity contribution in [2.45, 2.75) is 25.7 Å². The zero-order valence-electron chi connectivity index (χ0n) is 18.0. The smallest absolute Gasteiger partial charge is 0.264 e. The van der Waals surface area contributed by atoms with Crippen molar-refractivity contribution in [3.8, 4) is 0 Å². The third kappa shape index (κ3) is 4.96. The van der Waals surface area contributed by atoms with Crippen LogP contribution in [0.3, 0.4) is 0 Å². The molecule has 2 aromatic heterocycles. The molecule has 0 aliphatic carbocycles. The SMILES string of the molecule is Cc1cc(C)nc(NS(=O)(=O)c2ccc(NC(=O)c3cc(C)nc4ccc(F)cc34)cc2)n1. The number of anilines is 2. The molecule has 0 saturated heterocycles. The molecule has 0 aliphatic heterocycles. The predicted molar refractivity (Wildman–Crippen MR) is 123 cm³/mol. The van der Waals surface area contributed by atoms with Gasteiger partial charge in [-0.05, 0) is 75.4 Å². The number of fused-ring (bicyclic) bond motifs is 1. The number of carbonyl (C=O) groups excluding carboxylic acids is 1. The molecule has 0 spiro atoms. The van der Waals surface area contributed by atoms with Crippen LogP contribution in [0.15, 0.2) is 59.5 Å². The summed E-state index contributed by atoms with van der Waals surface area (Å²) in [7, 11) is -3.92. The first-order valence-corrected chi connectivity index (χ1v) is 11.4. The lowest BCUT2D eigenvalue weighted by Gasteiger charge is -2.11. The number of rotatable bonds is 5. The van der Waals surface area contributed by atoms with Gasteiger partial charge in [0.25, 0.3) is 15.9 Å². The van der Waals surface area contributed by atoms with Gasteiger partial charge in [0, 0.05) is 28.2 Å². The summed E-state index contributed by atoms with van der Waals surface area (Å²) < 4.78 is 41.4. The maximum absolute atomic E-state index is 13.7. The highest BCUT2D eigenvalue weighted by atomic mass is 32.2. The zero-order chi connectivity index (χ0) is 23.8. The number of nitrogens with one attached hydrogen (secondary N) is 2. The van der Waals surface area contributed by atoms with E-state index in [1.54, 1.807) is 32.9 Å². The van der Waals surface area contributed by atoms with E-state index >= 15 is 0 Å². The molecule has 10 heteroatoms. The number of hydrogen-bond donors (Lipinski definition) is 2. The van der Waals surface area contributed by atoms with Crippen LogP contribution >= 0.6 is 0 Å². The molecule has 0 unspecified atom stereocenters. The standard InChI is InChI=1S/C23H20FN5O3S/c1-13-10-14(2)27-23(26-13)29-33(31,32)18-7-5-17(6-8-18)28-22(30)20-11-15(3)25-21-9-4-16(24)12-19(20)21/h4-12H,1-3H3,(H,28,30)(H,26,27,29). The van der Waals surface area contributed by atoms with Crippen molar-refractivity contribution in [2.24, 2.45) is 0 Å². The van der Waals surface area contributed by atoms with Crippen molar-refractivity contribution >= 4 is 38.5 Å². The fourth-order valence-electron chi connectivity index (χ4n) is 3.38. The van der Waals surface area contributed by atoms with Gasteiger partial charge in [0.1, 0.15) is 5.82 Å². The largest absolute Gasteiger partial charge is 0.322 e. The number of aryl methyl sites for hydroxylation is 3. The van der Waals surface area contributed by atoms with Crippen LogP contribution in [0.1, 0.15) is 27.4 Å². The Kier molecular flexibility index (Phi) is 5.77. The molecular weight excluding hydrogens is 445 g/mol. The molecule has 168 valence electrons. The lowest BCUT2D eigenvalue weighted by atomic mass is 10.1. The van der Waals surface area contributed by atoms with Crippen molar-refractivity contribution < 1.29 is 17.6 Å². The Bertz CT molecular complexity index is 1470. The summed E-state index contributed by atoms with van der Waals surface area (Å²) in [5.41, 5.74) is 3.03. The van der Waals surface area contributed by atoms with Crippen LogP contribution in [-0.2, 0) is 10.0 Å². The van der Waals surface area contributed by atoms with Crippen molar-refractivity contribution in [3.05, 3.63) is 83.1 Å². The molecule has 0 saturated carbocycles. The van der Waals surface area contributed by atoms with E-state index in [0.717, 1.165) is 0 Å². The Labute approximate surface area is 190 Å². The van der Waals surface area contributed by atoms with Crippen LogP contribution in [0.2, 0.25) is 0 Å². The second-order valence-corrected chi connectivity index (χ2v) is 9.21. The van der Waals surface area contributed by atoms with Gasteiger partial charge in [-0.2, -0.15) is 0 Å². The van der Waals surface area contributed by atoms with E-state index in [0.29, 0.717) is 33.7 Å². The highest BCUT2D eigenvalue weighted by molar-refractivity contribution is 7.92. The van der Waals surface area contributed by atoms with E-state index in [-0.39, 0.29) is 16.4 Å². The van der Waals surface area contributed by atoms with E-state index in [9.17, 15) is 17.6 Å². The number of carbonyl (C=O) groups is 1. The number of halogens is 1. The molecule has 4 aromatic rings. The van der Waals surface area contributed by atoms with Crippen LogP contribution in [0, 0.1) is 26.6 Å². The molecule has 8 nitrogen and oxygen atoms in total. The number of nitrogens with zero attached hydrogens (tertiary/aromatic N) is 3. The van der Waals surface area contributed by atoms with Crippen molar-refractivity contribution in [1.82, 2.24) is 15.0 Å². The monoisotopic (exact) mass is 465 g/mol. The summed E-state index contributed by atoms with van der Waals surface area (Å²) in [4.78, 5) is 25.3. The number of benzene rings is 2. The fraction of sp³-hybridized carbons (Fsp3) is 0.130. The minimum absolute atomic E-state index is 0.0166. The van der Waals surface area contributed by atoms with Crippen molar-refractivity contribution in [3.63, 3.8) is 0 Å². The van der Waals surface area contributed by atoms with E-state index in [1.807, 2.05) is 0 Å². The maximum Gasteiger partial charge on any atom is 0.264 e. The van der Waals surface area contributed by atoms with Crippen LogP contribution in [0.25, 0.3) is 10.9 Å². The molecule has 0 bridgehead atoms. The topological polar surface area (TPSA) is 114 Å². The van der Waals surface area contributed by atoms with E-state index in [2.05, 4.69) is 25.0 Å². The van der Waals surface area contributed by atoms with Crippen molar-refractivity contribution in [1.29, 1.82) is 0 Å². The fourth-order valence-corrected chi connectivity index (χ4v) is 4.33. The highest BCUT2D eigenvalue weighted by Crippen LogP contribution is 2.22. The van der Waals surface area contributed by atoms with Gasteiger partial charge >= 0.3 is 0 Å². The summed E-state index contributed by atoms with van der Waals surface area (Å²) in [6.07, 6.45) is 0. The van der Waals surface area contributed by atoms with Gasteiger partial charge in [0.05, 0.1) is 16.0 Å². The Morgan fingerprint density at radius 1 is 0.848 bits per heavy atom. The molecule has 33 heavy (non-hydrogen) atoms. The molecule has 1 amide bonds. The summed E-state index contributed by atoms with van der Waals surface area (Å²) in [6.45, 7) is 5.23. The van der Waals surface area contributed by atoms with Crippen LogP contribution in [-0.4, -0.2) is 29.3 Å². The first-order valence-electron chi connectivity index (χ1n) is 9.94. The summed E-state index contributed by atoms with van der Waals surface area (Å²) in [5.74, 6) is -0.956. The number of hydrogen-bond acceptors (Lipinski definition) is 6. The van der Waals surface area contributed by atoms with E-state index in [4.69, 9.17) is 0 Å². The lowest BCUT2D eigenvalue weighted by molar-refractivity contribution is 0.102. The summed E-state index contributed by atoms with van der Waals surface area (Å²) in [5, 5.41) is 3.10. The summed E-state index contributed by atoms with van der Waals surface area (Å²) in [6, 6.07) is 13.0. The van der Waals surface area contributed by atoms with Gasteiger partial charge < -0.3 is 5.32 Å². The normalized spacial score (nSPS) is 11.4. The molecule has 0 aliphatic rings. The second kappa shape index (κ2) is 8.55. The van der Waals surface area contributed by atoms with Crippen LogP contribution < -0.4 is 10.0 Å². The van der Waals surface area contributed by atoms with Crippen LogP contribution in [0.5, 0.6) is 0 Å². The van der Waals surface area contributed by atoms with E-state index < -0.39 is 21.7 Å². The first-order chi connectivity index (χ1) is 15.6. The Balaban J connectivity index is 1.56. The number of pyridine rings is 1. The minimum atomic E-state index is -3.92. The molecule has 2 N–H and O–H groups in total. The average Bonchev–Trinajstić information content (AvgIpc) is 2.72. The molecule has 2 aromatic carbocycles. The van der Waals surface area contributed by atoms with Gasteiger partial charge in [-0.15, -0.1) is 0 Å². The quantitative estimate of drug-likeness (QED) is 0.458. The molecule has 0 fully saturated rings. The van der Waals surface area contributed by atoms with Crippen molar-refractivity contribution in [2.75, 3.05) is 10.0 Å². The maximum atomic E-state index is 13.7. The zero-order valence-corrected chi connectivity index (χ0v) is 18.9. The molecule has 0 atom stereocenters. The number of aromatic nitrogens is 3. The number of amides is 1. The second-order valence-electron chi connectivity index (χ2n) is 7.53. The van der Waals surface area contributed by atoms with Gasteiger partial charge in [0.2, 0.25) is 5.95 Å². The Morgan fingerprint density at radius 2 is 1.48 bits per heavy atom. The summed E-state index contributed by atoms with van der Waals surface area (Å²) >= 11 is 0. The van der Waals surface area contributed by atoms with Gasteiger partial charge in [-0.25, -0.2) is 27.5 Å². The molecular formula is C23H20FN5O3S. The molecule has 2 heterocycles. The van der Waals surface area contributed by atoms with Gasteiger partial charge in [0.15, 0.2) is 0 Å².